The molecule has 1 aliphatic carbocycles. The van der Waals surface area contributed by atoms with Crippen LogP contribution in [0.1, 0.15) is 30.4 Å². The van der Waals surface area contributed by atoms with Crippen LogP contribution < -0.4 is 0 Å². The summed E-state index contributed by atoms with van der Waals surface area (Å²) in [5.74, 6) is 0.0919. The van der Waals surface area contributed by atoms with Gasteiger partial charge in [-0.3, -0.25) is 4.90 Å². The van der Waals surface area contributed by atoms with Crippen molar-refractivity contribution in [2.75, 3.05) is 39.4 Å². The number of fused-ring (bicyclic) bond motifs is 3. The molecule has 0 spiro atoms. The quantitative estimate of drug-likeness (QED) is 0.884. The highest BCUT2D eigenvalue weighted by Crippen LogP contribution is 2.44. The molecular weight excluding hydrogens is 352 g/mol. The van der Waals surface area contributed by atoms with E-state index in [1.54, 1.807) is 4.90 Å². The molecular formula is C23H28N2O3. The molecule has 2 aliphatic rings. The SMILES string of the molecule is CC(CO)N1CCCN(C(=O)OCC2c3ccccc3-c3ccccc32)CC1. The molecule has 0 bridgehead atoms. The number of rotatable bonds is 4. The number of amides is 1. The van der Waals surface area contributed by atoms with Crippen molar-refractivity contribution < 1.29 is 14.6 Å². The summed E-state index contributed by atoms with van der Waals surface area (Å²) in [5.41, 5.74) is 4.94. The summed E-state index contributed by atoms with van der Waals surface area (Å²) in [5, 5.41) is 9.37. The summed E-state index contributed by atoms with van der Waals surface area (Å²) < 4.78 is 5.78. The maximum absolute atomic E-state index is 12.7. The van der Waals surface area contributed by atoms with Gasteiger partial charge in [-0.05, 0) is 35.6 Å². The number of carbonyl (C=O) groups excluding carboxylic acids is 1. The van der Waals surface area contributed by atoms with E-state index < -0.39 is 0 Å². The van der Waals surface area contributed by atoms with E-state index in [-0.39, 0.29) is 24.7 Å². The van der Waals surface area contributed by atoms with Gasteiger partial charge in [0.15, 0.2) is 0 Å². The van der Waals surface area contributed by atoms with Gasteiger partial charge in [0.25, 0.3) is 0 Å². The second-order valence-electron chi connectivity index (χ2n) is 7.71. The predicted octanol–water partition coefficient (Wildman–Crippen LogP) is 3.32. The molecule has 1 unspecified atom stereocenters. The molecule has 1 atom stereocenters. The summed E-state index contributed by atoms with van der Waals surface area (Å²) in [6.07, 6.45) is 0.662. The third-order valence-electron chi connectivity index (χ3n) is 6.01. The number of aliphatic hydroxyl groups is 1. The largest absolute Gasteiger partial charge is 0.448 e. The lowest BCUT2D eigenvalue weighted by Crippen LogP contribution is -2.40. The second kappa shape index (κ2) is 8.33. The average Bonchev–Trinajstić information content (AvgIpc) is 2.88. The van der Waals surface area contributed by atoms with Crippen LogP contribution in [0.25, 0.3) is 11.1 Å². The Morgan fingerprint density at radius 2 is 1.68 bits per heavy atom. The van der Waals surface area contributed by atoms with Crippen molar-refractivity contribution in [3.05, 3.63) is 59.7 Å². The second-order valence-corrected chi connectivity index (χ2v) is 7.71. The average molecular weight is 380 g/mol. The Balaban J connectivity index is 1.41. The van der Waals surface area contributed by atoms with Crippen LogP contribution in [-0.2, 0) is 4.74 Å². The van der Waals surface area contributed by atoms with Crippen molar-refractivity contribution in [3.8, 4) is 11.1 Å². The molecule has 0 saturated carbocycles. The van der Waals surface area contributed by atoms with Crippen molar-refractivity contribution in [1.82, 2.24) is 9.80 Å². The molecule has 4 rings (SSSR count). The molecule has 1 amide bonds. The lowest BCUT2D eigenvalue weighted by molar-refractivity contribution is 0.0980. The van der Waals surface area contributed by atoms with Crippen molar-refractivity contribution >= 4 is 6.09 Å². The van der Waals surface area contributed by atoms with Gasteiger partial charge in [0.2, 0.25) is 0 Å². The van der Waals surface area contributed by atoms with Crippen molar-refractivity contribution in [2.24, 2.45) is 0 Å². The van der Waals surface area contributed by atoms with Gasteiger partial charge >= 0.3 is 6.09 Å². The molecule has 1 N–H and O–H groups in total. The highest BCUT2D eigenvalue weighted by Gasteiger charge is 2.30. The molecule has 0 radical (unpaired) electrons. The minimum absolute atomic E-state index is 0.0919. The summed E-state index contributed by atoms with van der Waals surface area (Å²) in [4.78, 5) is 16.7. The van der Waals surface area contributed by atoms with Gasteiger partial charge in [-0.2, -0.15) is 0 Å². The van der Waals surface area contributed by atoms with E-state index in [0.29, 0.717) is 19.7 Å². The predicted molar refractivity (Wildman–Crippen MR) is 109 cm³/mol. The molecule has 2 aromatic rings. The Bertz CT molecular complexity index is 793. The van der Waals surface area contributed by atoms with Gasteiger partial charge in [0.1, 0.15) is 6.61 Å². The number of nitrogens with zero attached hydrogens (tertiary/aromatic N) is 2. The van der Waals surface area contributed by atoms with E-state index in [2.05, 4.69) is 41.3 Å². The van der Waals surface area contributed by atoms with Crippen molar-refractivity contribution in [2.45, 2.75) is 25.3 Å². The molecule has 0 aromatic heterocycles. The van der Waals surface area contributed by atoms with Crippen molar-refractivity contribution in [3.63, 3.8) is 0 Å². The Kier molecular flexibility index (Phi) is 5.64. The number of hydrogen-bond donors (Lipinski definition) is 1. The van der Waals surface area contributed by atoms with Crippen LogP contribution in [-0.4, -0.2) is 66.4 Å². The number of aliphatic hydroxyl groups excluding tert-OH is 1. The van der Waals surface area contributed by atoms with Gasteiger partial charge in [0, 0.05) is 38.1 Å². The number of ether oxygens (including phenoxy) is 1. The lowest BCUT2D eigenvalue weighted by Gasteiger charge is -2.26. The fourth-order valence-electron chi connectivity index (χ4n) is 4.36. The normalized spacial score (nSPS) is 18.3. The Hall–Kier alpha value is -2.37. The molecule has 1 fully saturated rings. The summed E-state index contributed by atoms with van der Waals surface area (Å²) in [6, 6.07) is 16.9. The zero-order chi connectivity index (χ0) is 19.5. The monoisotopic (exact) mass is 380 g/mol. The molecule has 28 heavy (non-hydrogen) atoms. The summed E-state index contributed by atoms with van der Waals surface area (Å²) >= 11 is 0. The number of benzene rings is 2. The highest BCUT2D eigenvalue weighted by molar-refractivity contribution is 5.79. The third kappa shape index (κ3) is 3.64. The lowest BCUT2D eigenvalue weighted by atomic mass is 9.98. The van der Waals surface area contributed by atoms with Crippen LogP contribution in [0, 0.1) is 0 Å². The van der Waals surface area contributed by atoms with Gasteiger partial charge in [-0.15, -0.1) is 0 Å². The molecule has 1 aliphatic heterocycles. The van der Waals surface area contributed by atoms with Gasteiger partial charge in [-0.1, -0.05) is 48.5 Å². The number of carbonyl (C=O) groups is 1. The topological polar surface area (TPSA) is 53.0 Å². The van der Waals surface area contributed by atoms with E-state index in [1.165, 1.54) is 22.3 Å². The van der Waals surface area contributed by atoms with Gasteiger partial charge < -0.3 is 14.7 Å². The first-order valence-corrected chi connectivity index (χ1v) is 10.1. The van der Waals surface area contributed by atoms with E-state index >= 15 is 0 Å². The Morgan fingerprint density at radius 3 is 2.32 bits per heavy atom. The fourth-order valence-corrected chi connectivity index (χ4v) is 4.36. The third-order valence-corrected chi connectivity index (χ3v) is 6.01. The minimum atomic E-state index is -0.236. The zero-order valence-electron chi connectivity index (χ0n) is 16.4. The molecule has 148 valence electrons. The smallest absolute Gasteiger partial charge is 0.409 e. The van der Waals surface area contributed by atoms with Gasteiger partial charge in [0.05, 0.1) is 6.61 Å². The van der Waals surface area contributed by atoms with E-state index in [1.807, 2.05) is 19.1 Å². The fraction of sp³-hybridized carbons (Fsp3) is 0.435. The molecule has 1 heterocycles. The maximum atomic E-state index is 12.7. The van der Waals surface area contributed by atoms with Crippen LogP contribution in [0.3, 0.4) is 0 Å². The molecule has 5 heteroatoms. The van der Waals surface area contributed by atoms with Gasteiger partial charge in [-0.25, -0.2) is 4.79 Å². The first-order valence-electron chi connectivity index (χ1n) is 10.1. The molecule has 2 aromatic carbocycles. The maximum Gasteiger partial charge on any atom is 0.409 e. The summed E-state index contributed by atoms with van der Waals surface area (Å²) in [6.45, 7) is 5.53. The van der Waals surface area contributed by atoms with Crippen LogP contribution in [0.2, 0.25) is 0 Å². The molecule has 1 saturated heterocycles. The molecule has 5 nitrogen and oxygen atoms in total. The van der Waals surface area contributed by atoms with Crippen molar-refractivity contribution in [1.29, 1.82) is 0 Å². The first-order chi connectivity index (χ1) is 13.7. The Labute approximate surface area is 166 Å². The van der Waals surface area contributed by atoms with Crippen LogP contribution in [0.4, 0.5) is 4.79 Å². The van der Waals surface area contributed by atoms with Crippen LogP contribution >= 0.6 is 0 Å². The Morgan fingerprint density at radius 1 is 1.04 bits per heavy atom. The summed E-state index contributed by atoms with van der Waals surface area (Å²) in [7, 11) is 0. The number of hydrogen-bond acceptors (Lipinski definition) is 4. The van der Waals surface area contributed by atoms with E-state index in [4.69, 9.17) is 4.74 Å². The minimum Gasteiger partial charge on any atom is -0.448 e. The standard InChI is InChI=1S/C23H28N2O3/c1-17(15-26)24-11-6-12-25(14-13-24)23(27)28-16-22-20-9-4-2-7-18(20)19-8-3-5-10-21(19)22/h2-5,7-10,17,22,26H,6,11-16H2,1H3. The highest BCUT2D eigenvalue weighted by atomic mass is 16.6. The van der Waals surface area contributed by atoms with E-state index in [0.717, 1.165) is 19.5 Å². The zero-order valence-corrected chi connectivity index (χ0v) is 16.4. The van der Waals surface area contributed by atoms with Crippen LogP contribution in [0.5, 0.6) is 0 Å². The van der Waals surface area contributed by atoms with E-state index in [9.17, 15) is 9.90 Å². The first kappa shape index (κ1) is 19.0. The van der Waals surface area contributed by atoms with Crippen LogP contribution in [0.15, 0.2) is 48.5 Å².